The van der Waals surface area contributed by atoms with Gasteiger partial charge in [0.1, 0.15) is 5.76 Å². The Morgan fingerprint density at radius 1 is 1.11 bits per heavy atom. The molecule has 0 spiro atoms. The quantitative estimate of drug-likeness (QED) is 0.874. The Morgan fingerprint density at radius 2 is 1.78 bits per heavy atom. The van der Waals surface area contributed by atoms with Gasteiger partial charge in [-0.3, -0.25) is 10.1 Å². The molecule has 3 amide bonds. The van der Waals surface area contributed by atoms with Crippen LogP contribution in [0.5, 0.6) is 0 Å². The third-order valence-corrected chi connectivity index (χ3v) is 5.56. The van der Waals surface area contributed by atoms with Gasteiger partial charge in [-0.25, -0.2) is 4.79 Å². The number of anilines is 1. The maximum Gasteiger partial charge on any atom is 0.323 e. The molecule has 1 aliphatic heterocycles. The molecule has 0 unspecified atom stereocenters. The topological polar surface area (TPSA) is 78.7 Å². The van der Waals surface area contributed by atoms with Gasteiger partial charge in [0.2, 0.25) is 5.91 Å². The summed E-state index contributed by atoms with van der Waals surface area (Å²) >= 11 is 0. The molecule has 1 saturated heterocycles. The molecule has 27 heavy (non-hydrogen) atoms. The maximum atomic E-state index is 12.6. The summed E-state index contributed by atoms with van der Waals surface area (Å²) in [5.41, 5.74) is -0.154. The second-order valence-corrected chi connectivity index (χ2v) is 8.83. The SMILES string of the molecule is CC(C)(C)c1cc(NC(=O)N2CCCN(C(=O)CC3CCCC3)CC2)no1. The fraction of sp³-hybridized carbons (Fsp3) is 0.750. The molecule has 3 rings (SSSR count). The molecular weight excluding hydrogens is 344 g/mol. The van der Waals surface area contributed by atoms with E-state index in [1.807, 2.05) is 25.7 Å². The standard InChI is InChI=1S/C20H32N4O3/c1-20(2,3)16-14-17(22-27-16)21-19(26)24-10-6-9-23(11-12-24)18(25)13-15-7-4-5-8-15/h14-15H,4-13H2,1-3H3,(H,21,22,26). The highest BCUT2D eigenvalue weighted by Gasteiger charge is 2.26. The van der Waals surface area contributed by atoms with Gasteiger partial charge in [0.05, 0.1) is 0 Å². The van der Waals surface area contributed by atoms with E-state index >= 15 is 0 Å². The van der Waals surface area contributed by atoms with Crippen LogP contribution in [0.15, 0.2) is 10.6 Å². The van der Waals surface area contributed by atoms with Crippen molar-refractivity contribution in [1.29, 1.82) is 0 Å². The van der Waals surface area contributed by atoms with Crippen LogP contribution in [-0.2, 0) is 10.2 Å². The van der Waals surface area contributed by atoms with E-state index in [2.05, 4.69) is 10.5 Å². The summed E-state index contributed by atoms with van der Waals surface area (Å²) in [6.45, 7) is 8.62. The molecule has 2 heterocycles. The van der Waals surface area contributed by atoms with E-state index in [0.29, 0.717) is 37.8 Å². The lowest BCUT2D eigenvalue weighted by Crippen LogP contribution is -2.39. The first kappa shape index (κ1) is 19.7. The fourth-order valence-electron chi connectivity index (χ4n) is 3.84. The first-order valence-electron chi connectivity index (χ1n) is 10.1. The Bertz CT molecular complexity index is 658. The van der Waals surface area contributed by atoms with E-state index in [4.69, 9.17) is 4.52 Å². The van der Waals surface area contributed by atoms with Crippen LogP contribution in [0.2, 0.25) is 0 Å². The lowest BCUT2D eigenvalue weighted by atomic mass is 9.93. The van der Waals surface area contributed by atoms with Crippen molar-refractivity contribution in [2.45, 2.75) is 64.7 Å². The molecule has 7 heteroatoms. The Hall–Kier alpha value is -2.05. The number of carbonyl (C=O) groups excluding carboxylic acids is 2. The summed E-state index contributed by atoms with van der Waals surface area (Å²) in [5, 5.41) is 6.76. The number of urea groups is 1. The number of amides is 3. The molecule has 1 aromatic rings. The number of nitrogens with one attached hydrogen (secondary N) is 1. The van der Waals surface area contributed by atoms with Crippen LogP contribution < -0.4 is 5.32 Å². The predicted molar refractivity (Wildman–Crippen MR) is 104 cm³/mol. The van der Waals surface area contributed by atoms with Crippen molar-refractivity contribution in [3.05, 3.63) is 11.8 Å². The van der Waals surface area contributed by atoms with Crippen LogP contribution in [0.3, 0.4) is 0 Å². The number of hydrogen-bond acceptors (Lipinski definition) is 4. The number of carbonyl (C=O) groups is 2. The Morgan fingerprint density at radius 3 is 2.44 bits per heavy atom. The predicted octanol–water partition coefficient (Wildman–Crippen LogP) is 3.62. The summed E-state index contributed by atoms with van der Waals surface area (Å²) in [6, 6.07) is 1.58. The minimum atomic E-state index is -0.186. The van der Waals surface area contributed by atoms with Crippen LogP contribution in [0.25, 0.3) is 0 Å². The van der Waals surface area contributed by atoms with Crippen molar-refractivity contribution >= 4 is 17.8 Å². The van der Waals surface area contributed by atoms with Gasteiger partial charge in [0.25, 0.3) is 0 Å². The average Bonchev–Trinajstić information content (AvgIpc) is 3.21. The molecule has 0 aromatic carbocycles. The molecule has 150 valence electrons. The van der Waals surface area contributed by atoms with Gasteiger partial charge in [0.15, 0.2) is 5.82 Å². The number of rotatable bonds is 3. The van der Waals surface area contributed by atoms with Crippen LogP contribution >= 0.6 is 0 Å². The van der Waals surface area contributed by atoms with E-state index < -0.39 is 0 Å². The van der Waals surface area contributed by atoms with Gasteiger partial charge in [-0.2, -0.15) is 0 Å². The molecule has 1 aliphatic carbocycles. The molecule has 0 atom stereocenters. The maximum absolute atomic E-state index is 12.6. The van der Waals surface area contributed by atoms with Gasteiger partial charge in [0, 0.05) is 44.1 Å². The normalized spacial score (nSPS) is 19.2. The first-order valence-corrected chi connectivity index (χ1v) is 10.1. The molecule has 2 aliphatic rings. The summed E-state index contributed by atoms with van der Waals surface area (Å²) < 4.78 is 5.32. The minimum Gasteiger partial charge on any atom is -0.359 e. The van der Waals surface area contributed by atoms with Gasteiger partial charge >= 0.3 is 6.03 Å². The van der Waals surface area contributed by atoms with E-state index in [9.17, 15) is 9.59 Å². The summed E-state index contributed by atoms with van der Waals surface area (Å²) in [7, 11) is 0. The van der Waals surface area contributed by atoms with Crippen molar-refractivity contribution in [3.8, 4) is 0 Å². The largest absolute Gasteiger partial charge is 0.359 e. The highest BCUT2D eigenvalue weighted by atomic mass is 16.5. The summed E-state index contributed by atoms with van der Waals surface area (Å²) in [6.07, 6.45) is 6.34. The average molecular weight is 377 g/mol. The number of aromatic nitrogens is 1. The van der Waals surface area contributed by atoms with Crippen molar-refractivity contribution in [1.82, 2.24) is 15.0 Å². The number of nitrogens with zero attached hydrogens (tertiary/aromatic N) is 3. The highest BCUT2D eigenvalue weighted by molar-refractivity contribution is 5.88. The molecule has 7 nitrogen and oxygen atoms in total. The lowest BCUT2D eigenvalue weighted by molar-refractivity contribution is -0.132. The van der Waals surface area contributed by atoms with Gasteiger partial charge in [-0.1, -0.05) is 38.8 Å². The zero-order valence-corrected chi connectivity index (χ0v) is 16.8. The Balaban J connectivity index is 1.50. The van der Waals surface area contributed by atoms with Crippen LogP contribution in [0.1, 0.15) is 65.1 Å². The highest BCUT2D eigenvalue weighted by Crippen LogP contribution is 2.28. The van der Waals surface area contributed by atoms with Crippen LogP contribution in [0, 0.1) is 5.92 Å². The van der Waals surface area contributed by atoms with Crippen LogP contribution in [-0.4, -0.2) is 53.1 Å². The van der Waals surface area contributed by atoms with E-state index in [1.54, 1.807) is 11.0 Å². The zero-order chi connectivity index (χ0) is 19.4. The second kappa shape index (κ2) is 8.31. The zero-order valence-electron chi connectivity index (χ0n) is 16.8. The van der Waals surface area contributed by atoms with Crippen molar-refractivity contribution in [2.24, 2.45) is 5.92 Å². The Labute approximate surface area is 161 Å². The number of hydrogen-bond donors (Lipinski definition) is 1. The smallest absolute Gasteiger partial charge is 0.323 e. The van der Waals surface area contributed by atoms with Gasteiger partial charge in [-0.05, 0) is 25.2 Å². The fourth-order valence-corrected chi connectivity index (χ4v) is 3.84. The van der Waals surface area contributed by atoms with Crippen molar-refractivity contribution in [2.75, 3.05) is 31.5 Å². The second-order valence-electron chi connectivity index (χ2n) is 8.83. The molecule has 0 radical (unpaired) electrons. The summed E-state index contributed by atoms with van der Waals surface area (Å²) in [4.78, 5) is 28.8. The summed E-state index contributed by atoms with van der Waals surface area (Å²) in [5.74, 6) is 1.97. The first-order chi connectivity index (χ1) is 12.8. The minimum absolute atomic E-state index is 0.154. The van der Waals surface area contributed by atoms with E-state index in [1.165, 1.54) is 25.7 Å². The van der Waals surface area contributed by atoms with Crippen molar-refractivity contribution < 1.29 is 14.1 Å². The van der Waals surface area contributed by atoms with Gasteiger partial charge < -0.3 is 14.3 Å². The third-order valence-electron chi connectivity index (χ3n) is 5.56. The molecular formula is C20H32N4O3. The molecule has 1 N–H and O–H groups in total. The van der Waals surface area contributed by atoms with E-state index in [-0.39, 0.29) is 17.4 Å². The van der Waals surface area contributed by atoms with Gasteiger partial charge in [-0.15, -0.1) is 0 Å². The molecule has 1 saturated carbocycles. The third kappa shape index (κ3) is 5.23. The molecule has 2 fully saturated rings. The van der Waals surface area contributed by atoms with E-state index in [0.717, 1.165) is 18.7 Å². The molecule has 1 aromatic heterocycles. The monoisotopic (exact) mass is 376 g/mol. The lowest BCUT2D eigenvalue weighted by Gasteiger charge is -2.23. The van der Waals surface area contributed by atoms with Crippen molar-refractivity contribution in [3.63, 3.8) is 0 Å². The molecule has 0 bridgehead atoms. The Kier molecular flexibility index (Phi) is 6.07. The van der Waals surface area contributed by atoms with Crippen LogP contribution in [0.4, 0.5) is 10.6 Å².